The van der Waals surface area contributed by atoms with Gasteiger partial charge in [-0.05, 0) is 0 Å². The van der Waals surface area contributed by atoms with Gasteiger partial charge in [-0.2, -0.15) is 0 Å². The summed E-state index contributed by atoms with van der Waals surface area (Å²) < 4.78 is 48.9. The lowest BCUT2D eigenvalue weighted by Crippen LogP contribution is -2.69. The summed E-state index contributed by atoms with van der Waals surface area (Å²) in [5.74, 6) is -2.62. The van der Waals surface area contributed by atoms with Gasteiger partial charge in [0.15, 0.2) is 37.6 Å². The Balaban J connectivity index is 1.32. The van der Waals surface area contributed by atoms with Gasteiger partial charge in [0.2, 0.25) is 5.91 Å². The summed E-state index contributed by atoms with van der Waals surface area (Å²) in [5, 5.41) is 159. The summed E-state index contributed by atoms with van der Waals surface area (Å²) in [7, 11) is 0. The van der Waals surface area contributed by atoms with E-state index in [4.69, 9.17) is 42.6 Å². The van der Waals surface area contributed by atoms with E-state index >= 15 is 0 Å². The highest BCUT2D eigenvalue weighted by atomic mass is 16.8. The lowest BCUT2D eigenvalue weighted by Gasteiger charge is -2.49. The average Bonchev–Trinajstić information content (AvgIpc) is 3.18. The Hall–Kier alpha value is -1.98. The Morgan fingerprint density at radius 2 is 1.00 bits per heavy atom. The van der Waals surface area contributed by atoms with Gasteiger partial charge in [0.1, 0.15) is 110 Å². The summed E-state index contributed by atoms with van der Waals surface area (Å²) in [6.07, 6.45) is -44.4. The Kier molecular flexibility index (Phi) is 16.1. The standard InChI is InChI=1S/C31H51NO26/c1-6(36)32-11-16(41)12(37)7(2-33)51-28(11)57-24-17(42)19(44)29(58-25(24)26(47)48)55-23-15(40)9(4-35)53-31(21(23)46)56-22-14(39)8(3-34)52-30(20(22)45)54-10-5-50-27(49)18(43)13(10)38/h7-25,27-31,33-35,37-46,49H,2-5H2,1H3,(H,32,36)(H,47,48)/t7-,8-,9-,10-,11-,12+,13+,14+,15+,16-,17-,18-,19-,20-,21-,22+,23+,24+,25+,27?,28-,29-,30+,31+/m1/s1. The fourth-order valence-electron chi connectivity index (χ4n) is 7.08. The van der Waals surface area contributed by atoms with Crippen LogP contribution in [0.15, 0.2) is 0 Å². The topological polar surface area (TPSA) is 433 Å². The number of hydrogen-bond donors (Lipinski definition) is 16. The van der Waals surface area contributed by atoms with Crippen LogP contribution in [0.25, 0.3) is 0 Å². The van der Waals surface area contributed by atoms with E-state index < -0.39 is 186 Å². The molecule has 1 amide bonds. The van der Waals surface area contributed by atoms with Crippen molar-refractivity contribution in [3.8, 4) is 0 Å². The first-order valence-electron chi connectivity index (χ1n) is 18.0. The van der Waals surface area contributed by atoms with E-state index in [0.29, 0.717) is 0 Å². The molecule has 5 aliphatic heterocycles. The molecule has 27 heteroatoms. The zero-order chi connectivity index (χ0) is 42.9. The van der Waals surface area contributed by atoms with Crippen molar-refractivity contribution in [1.82, 2.24) is 5.32 Å². The van der Waals surface area contributed by atoms with Gasteiger partial charge in [-0.3, -0.25) is 4.79 Å². The van der Waals surface area contributed by atoms with Crippen molar-refractivity contribution in [3.63, 3.8) is 0 Å². The first kappa shape index (κ1) is 47.1. The van der Waals surface area contributed by atoms with Gasteiger partial charge in [-0.1, -0.05) is 0 Å². The van der Waals surface area contributed by atoms with Crippen LogP contribution in [-0.2, 0) is 52.2 Å². The van der Waals surface area contributed by atoms with Crippen molar-refractivity contribution < 1.29 is 129 Å². The second kappa shape index (κ2) is 19.8. The van der Waals surface area contributed by atoms with Gasteiger partial charge < -0.3 is 125 Å². The molecule has 0 spiro atoms. The van der Waals surface area contributed by atoms with E-state index in [1.165, 1.54) is 0 Å². The Bertz CT molecular complexity index is 1350. The third kappa shape index (κ3) is 9.72. The number of ether oxygens (including phenoxy) is 9. The number of aliphatic carboxylic acids is 1. The molecule has 5 heterocycles. The molecule has 0 saturated carbocycles. The van der Waals surface area contributed by atoms with Crippen LogP contribution in [0.2, 0.25) is 0 Å². The van der Waals surface area contributed by atoms with Crippen molar-refractivity contribution in [2.24, 2.45) is 0 Å². The van der Waals surface area contributed by atoms with E-state index in [1.54, 1.807) is 0 Å². The number of aliphatic hydroxyl groups excluding tert-OH is 14. The minimum atomic E-state index is -2.29. The smallest absolute Gasteiger partial charge is 0.335 e. The minimum Gasteiger partial charge on any atom is -0.479 e. The van der Waals surface area contributed by atoms with Gasteiger partial charge in [-0.25, -0.2) is 4.79 Å². The second-order valence-electron chi connectivity index (χ2n) is 14.3. The van der Waals surface area contributed by atoms with Crippen LogP contribution >= 0.6 is 0 Å². The van der Waals surface area contributed by atoms with Gasteiger partial charge >= 0.3 is 5.97 Å². The maximum absolute atomic E-state index is 12.4. The Morgan fingerprint density at radius 3 is 1.50 bits per heavy atom. The Labute approximate surface area is 326 Å². The summed E-state index contributed by atoms with van der Waals surface area (Å²) in [5.41, 5.74) is 0. The number of carbonyl (C=O) groups excluding carboxylic acids is 1. The summed E-state index contributed by atoms with van der Waals surface area (Å²) in [6.45, 7) is -2.31. The number of carboxylic acid groups (broad SMARTS) is 1. The zero-order valence-electron chi connectivity index (χ0n) is 30.4. The minimum absolute atomic E-state index is 0.522. The molecule has 0 aliphatic carbocycles. The molecule has 5 rings (SSSR count). The van der Waals surface area contributed by atoms with Crippen LogP contribution in [-0.4, -0.2) is 262 Å². The first-order valence-corrected chi connectivity index (χ1v) is 18.0. The van der Waals surface area contributed by atoms with Gasteiger partial charge in [0.05, 0.1) is 26.4 Å². The summed E-state index contributed by atoms with van der Waals surface area (Å²) in [6, 6.07) is -1.61. The maximum atomic E-state index is 12.4. The monoisotopic (exact) mass is 853 g/mol. The van der Waals surface area contributed by atoms with E-state index in [2.05, 4.69) is 5.32 Å². The SMILES string of the molecule is CC(=O)N[C@H]1[C@@H](O[C@H]2[C@H](O)[C@@H](O)[C@H](O[C@H]3[C@@H](O)[C@@H](CO)O[C@@H](O[C@H]4[C@@H](O)[C@@H](CO)O[C@@H](O[C@@H]5COC(O)[C@H](O)[C@H]5O)[C@@H]4O)[C@@H]3O)O[C@@H]2C(=O)O)O[C@H](CO)[C@H](O)[C@@H]1O. The molecule has 5 saturated heterocycles. The number of nitrogens with one attached hydrogen (secondary N) is 1. The first-order chi connectivity index (χ1) is 27.3. The number of aliphatic hydroxyl groups is 14. The molecule has 0 aromatic heterocycles. The van der Waals surface area contributed by atoms with Crippen molar-refractivity contribution >= 4 is 11.9 Å². The molecule has 5 aliphatic rings. The summed E-state index contributed by atoms with van der Waals surface area (Å²) >= 11 is 0. The van der Waals surface area contributed by atoms with Crippen molar-refractivity contribution in [3.05, 3.63) is 0 Å². The number of hydrogen-bond acceptors (Lipinski definition) is 25. The molecule has 16 N–H and O–H groups in total. The molecule has 24 atom stereocenters. The lowest BCUT2D eigenvalue weighted by atomic mass is 9.94. The normalized spacial score (nSPS) is 50.3. The molecule has 5 fully saturated rings. The van der Waals surface area contributed by atoms with E-state index in [1.807, 2.05) is 0 Å². The largest absolute Gasteiger partial charge is 0.479 e. The highest BCUT2D eigenvalue weighted by Gasteiger charge is 2.57. The van der Waals surface area contributed by atoms with Crippen LogP contribution < -0.4 is 5.32 Å². The van der Waals surface area contributed by atoms with Crippen LogP contribution in [0.5, 0.6) is 0 Å². The molecule has 0 aromatic rings. The van der Waals surface area contributed by atoms with Gasteiger partial charge in [0.25, 0.3) is 0 Å². The zero-order valence-corrected chi connectivity index (χ0v) is 30.4. The van der Waals surface area contributed by atoms with Crippen LogP contribution in [0.4, 0.5) is 0 Å². The van der Waals surface area contributed by atoms with Crippen LogP contribution in [0.3, 0.4) is 0 Å². The highest BCUT2D eigenvalue weighted by Crippen LogP contribution is 2.35. The molecule has 0 radical (unpaired) electrons. The average molecular weight is 854 g/mol. The molecular formula is C31H51NO26. The number of rotatable bonds is 13. The molecule has 0 aromatic carbocycles. The number of carboxylic acids is 1. The third-order valence-corrected chi connectivity index (χ3v) is 10.3. The van der Waals surface area contributed by atoms with Crippen LogP contribution in [0, 0.1) is 0 Å². The predicted molar refractivity (Wildman–Crippen MR) is 173 cm³/mol. The molecule has 27 nitrogen and oxygen atoms in total. The number of carbonyl (C=O) groups is 2. The molecule has 0 bridgehead atoms. The predicted octanol–water partition coefficient (Wildman–Crippen LogP) is -11.0. The van der Waals surface area contributed by atoms with E-state index in [0.717, 1.165) is 6.92 Å². The van der Waals surface area contributed by atoms with Gasteiger partial charge in [-0.15, -0.1) is 0 Å². The maximum Gasteiger partial charge on any atom is 0.335 e. The molecule has 58 heavy (non-hydrogen) atoms. The lowest BCUT2D eigenvalue weighted by molar-refractivity contribution is -0.388. The second-order valence-corrected chi connectivity index (χ2v) is 14.3. The third-order valence-electron chi connectivity index (χ3n) is 10.3. The van der Waals surface area contributed by atoms with Crippen LogP contribution in [0.1, 0.15) is 6.92 Å². The fraction of sp³-hybridized carbons (Fsp3) is 0.935. The van der Waals surface area contributed by atoms with Crippen molar-refractivity contribution in [2.45, 2.75) is 154 Å². The Morgan fingerprint density at radius 1 is 0.534 bits per heavy atom. The van der Waals surface area contributed by atoms with E-state index in [9.17, 15) is 86.2 Å². The fourth-order valence-corrected chi connectivity index (χ4v) is 7.08. The van der Waals surface area contributed by atoms with Crippen molar-refractivity contribution in [1.29, 1.82) is 0 Å². The van der Waals surface area contributed by atoms with Crippen molar-refractivity contribution in [2.75, 3.05) is 26.4 Å². The summed E-state index contributed by atoms with van der Waals surface area (Å²) in [4.78, 5) is 24.3. The van der Waals surface area contributed by atoms with E-state index in [-0.39, 0.29) is 0 Å². The van der Waals surface area contributed by atoms with Gasteiger partial charge in [0, 0.05) is 6.92 Å². The highest BCUT2D eigenvalue weighted by molar-refractivity contribution is 5.74. The molecular weight excluding hydrogens is 802 g/mol. The quantitative estimate of drug-likeness (QED) is 0.0818. The molecule has 336 valence electrons. The number of amides is 1. The molecule has 1 unspecified atom stereocenters.